The number of hydrogen-bond acceptors (Lipinski definition) is 8. The van der Waals surface area contributed by atoms with Crippen LogP contribution in [-0.4, -0.2) is 94.9 Å². The molecule has 1 aliphatic rings. The summed E-state index contributed by atoms with van der Waals surface area (Å²) in [5.74, 6) is -1.13. The van der Waals surface area contributed by atoms with Crippen molar-refractivity contribution in [2.24, 2.45) is 23.7 Å². The van der Waals surface area contributed by atoms with Crippen LogP contribution in [0.15, 0.2) is 0 Å². The van der Waals surface area contributed by atoms with Crippen LogP contribution < -0.4 is 5.32 Å². The van der Waals surface area contributed by atoms with Gasteiger partial charge < -0.3 is 40.3 Å². The molecule has 9 unspecified atom stereocenters. The Bertz CT molecular complexity index is 477. The summed E-state index contributed by atoms with van der Waals surface area (Å²) in [5.41, 5.74) is 0. The summed E-state index contributed by atoms with van der Waals surface area (Å²) >= 11 is 0. The lowest BCUT2D eigenvalue weighted by Crippen LogP contribution is -2.51. The van der Waals surface area contributed by atoms with Gasteiger partial charge in [-0.3, -0.25) is 4.79 Å². The topological polar surface area (TPSA) is 149 Å². The highest BCUT2D eigenvalue weighted by molar-refractivity contribution is 5.81. The number of carbonyl (C=O) groups excluding carboxylic acids is 1. The number of aliphatic hydroxyl groups excluding tert-OH is 5. The minimum Gasteiger partial charge on any atom is -0.394 e. The van der Waals surface area contributed by atoms with Crippen LogP contribution in [0.4, 0.5) is 0 Å². The molecule has 1 fully saturated rings. The van der Waals surface area contributed by atoms with Crippen LogP contribution in [0, 0.1) is 23.7 Å². The van der Waals surface area contributed by atoms with Crippen LogP contribution in [0.2, 0.25) is 0 Å². The predicted molar refractivity (Wildman–Crippen MR) is 106 cm³/mol. The Morgan fingerprint density at radius 3 is 2.24 bits per heavy atom. The summed E-state index contributed by atoms with van der Waals surface area (Å²) in [6, 6.07) is 0. The number of carbonyl (C=O) groups is 1. The first-order valence-electron chi connectivity index (χ1n) is 10.5. The second kappa shape index (κ2) is 12.8. The highest BCUT2D eigenvalue weighted by atomic mass is 16.5. The molecule has 1 amide bonds. The van der Waals surface area contributed by atoms with Gasteiger partial charge in [0, 0.05) is 12.5 Å². The standard InChI is InChI=1S/C20H39NO8/c1-5-6-21-20(27)19(26)18(25)14(15(24)7-22)9-28-10-17-13(4)11(2)12(3)16(8-23)29-17/h11-19,22-26H,5-10H2,1-4H3,(H,21,27). The molecular weight excluding hydrogens is 382 g/mol. The fourth-order valence-electron chi connectivity index (χ4n) is 3.66. The van der Waals surface area contributed by atoms with E-state index in [1.54, 1.807) is 0 Å². The largest absolute Gasteiger partial charge is 0.394 e. The molecule has 172 valence electrons. The number of aliphatic hydroxyl groups is 5. The summed E-state index contributed by atoms with van der Waals surface area (Å²) in [7, 11) is 0. The molecule has 9 atom stereocenters. The zero-order valence-electron chi connectivity index (χ0n) is 17.9. The van der Waals surface area contributed by atoms with Crippen molar-refractivity contribution in [2.45, 2.75) is 64.6 Å². The van der Waals surface area contributed by atoms with Gasteiger partial charge in [-0.2, -0.15) is 0 Å². The van der Waals surface area contributed by atoms with Crippen LogP contribution in [0.25, 0.3) is 0 Å². The number of nitrogens with one attached hydrogen (secondary N) is 1. The number of ether oxygens (including phenoxy) is 2. The Balaban J connectivity index is 2.68. The third-order valence-corrected chi connectivity index (χ3v) is 6.21. The van der Waals surface area contributed by atoms with E-state index in [2.05, 4.69) is 12.2 Å². The van der Waals surface area contributed by atoms with Crippen molar-refractivity contribution in [3.63, 3.8) is 0 Å². The number of amides is 1. The summed E-state index contributed by atoms with van der Waals surface area (Å²) in [6.07, 6.45) is -4.62. The molecule has 0 aromatic rings. The quantitative estimate of drug-likeness (QED) is 0.232. The van der Waals surface area contributed by atoms with Crippen molar-refractivity contribution in [2.75, 3.05) is 33.0 Å². The molecule has 9 heteroatoms. The van der Waals surface area contributed by atoms with E-state index in [0.717, 1.165) is 0 Å². The van der Waals surface area contributed by atoms with Crippen molar-refractivity contribution in [1.82, 2.24) is 5.32 Å². The maximum atomic E-state index is 11.9. The van der Waals surface area contributed by atoms with E-state index in [1.807, 2.05) is 20.8 Å². The van der Waals surface area contributed by atoms with Crippen molar-refractivity contribution in [1.29, 1.82) is 0 Å². The summed E-state index contributed by atoms with van der Waals surface area (Å²) < 4.78 is 11.6. The highest BCUT2D eigenvalue weighted by Crippen LogP contribution is 2.35. The van der Waals surface area contributed by atoms with E-state index >= 15 is 0 Å². The molecule has 1 saturated heterocycles. The second-order valence-corrected chi connectivity index (χ2v) is 8.15. The molecule has 1 heterocycles. The van der Waals surface area contributed by atoms with E-state index in [0.29, 0.717) is 18.9 Å². The molecule has 0 aromatic heterocycles. The Morgan fingerprint density at radius 2 is 1.69 bits per heavy atom. The van der Waals surface area contributed by atoms with Crippen molar-refractivity contribution in [3.05, 3.63) is 0 Å². The van der Waals surface area contributed by atoms with Gasteiger partial charge in [0.05, 0.1) is 50.8 Å². The second-order valence-electron chi connectivity index (χ2n) is 8.15. The minimum absolute atomic E-state index is 0.0850. The lowest BCUT2D eigenvalue weighted by Gasteiger charge is -2.43. The fraction of sp³-hybridized carbons (Fsp3) is 0.950. The van der Waals surface area contributed by atoms with E-state index in [-0.39, 0.29) is 43.9 Å². The zero-order valence-corrected chi connectivity index (χ0v) is 17.9. The first-order valence-corrected chi connectivity index (χ1v) is 10.5. The number of rotatable bonds is 12. The van der Waals surface area contributed by atoms with Gasteiger partial charge in [-0.05, 0) is 24.2 Å². The van der Waals surface area contributed by atoms with E-state index < -0.39 is 36.7 Å². The molecule has 0 bridgehead atoms. The molecule has 0 spiro atoms. The lowest BCUT2D eigenvalue weighted by atomic mass is 9.77. The maximum Gasteiger partial charge on any atom is 0.251 e. The van der Waals surface area contributed by atoms with Crippen LogP contribution in [0.5, 0.6) is 0 Å². The van der Waals surface area contributed by atoms with Gasteiger partial charge in [0.25, 0.3) is 5.91 Å². The lowest BCUT2D eigenvalue weighted by molar-refractivity contribution is -0.175. The van der Waals surface area contributed by atoms with Crippen LogP contribution >= 0.6 is 0 Å². The summed E-state index contributed by atoms with van der Waals surface area (Å²) in [4.78, 5) is 11.9. The molecule has 6 N–H and O–H groups in total. The Hall–Kier alpha value is -0.810. The summed E-state index contributed by atoms with van der Waals surface area (Å²) in [5, 5.41) is 51.8. The molecular formula is C20H39NO8. The summed E-state index contributed by atoms with van der Waals surface area (Å²) in [6.45, 7) is 7.63. The third-order valence-electron chi connectivity index (χ3n) is 6.21. The van der Waals surface area contributed by atoms with Crippen LogP contribution in [-0.2, 0) is 14.3 Å². The zero-order chi connectivity index (χ0) is 22.1. The Morgan fingerprint density at radius 1 is 1.07 bits per heavy atom. The average Bonchev–Trinajstić information content (AvgIpc) is 2.73. The average molecular weight is 422 g/mol. The van der Waals surface area contributed by atoms with E-state index in [1.165, 1.54) is 0 Å². The van der Waals surface area contributed by atoms with Crippen molar-refractivity contribution < 1.29 is 39.8 Å². The van der Waals surface area contributed by atoms with Gasteiger partial charge in [0.2, 0.25) is 0 Å². The Kier molecular flexibility index (Phi) is 11.6. The van der Waals surface area contributed by atoms with E-state index in [9.17, 15) is 30.3 Å². The first kappa shape index (κ1) is 26.2. The minimum atomic E-state index is -1.75. The normalized spacial score (nSPS) is 31.7. The predicted octanol–water partition coefficient (Wildman–Crippen LogP) is -1.11. The van der Waals surface area contributed by atoms with Gasteiger partial charge in [0.1, 0.15) is 0 Å². The molecule has 9 nitrogen and oxygen atoms in total. The van der Waals surface area contributed by atoms with Gasteiger partial charge >= 0.3 is 0 Å². The monoisotopic (exact) mass is 421 g/mol. The third kappa shape index (κ3) is 7.13. The molecule has 0 aliphatic carbocycles. The smallest absolute Gasteiger partial charge is 0.251 e. The van der Waals surface area contributed by atoms with Gasteiger partial charge in [-0.25, -0.2) is 0 Å². The SMILES string of the molecule is CCCNC(=O)C(O)C(O)C(COCC1OC(CO)C(C)C(C)C1C)C(O)CO. The number of hydrogen-bond donors (Lipinski definition) is 6. The van der Waals surface area contributed by atoms with Crippen LogP contribution in [0.3, 0.4) is 0 Å². The first-order chi connectivity index (χ1) is 13.7. The van der Waals surface area contributed by atoms with Gasteiger partial charge in [0.15, 0.2) is 6.10 Å². The molecule has 1 aliphatic heterocycles. The van der Waals surface area contributed by atoms with Crippen molar-refractivity contribution >= 4 is 5.91 Å². The molecule has 1 rings (SSSR count). The maximum absolute atomic E-state index is 11.9. The highest BCUT2D eigenvalue weighted by Gasteiger charge is 2.40. The van der Waals surface area contributed by atoms with Crippen molar-refractivity contribution in [3.8, 4) is 0 Å². The van der Waals surface area contributed by atoms with Crippen LogP contribution in [0.1, 0.15) is 34.1 Å². The molecule has 0 saturated carbocycles. The molecule has 0 radical (unpaired) electrons. The van der Waals surface area contributed by atoms with Gasteiger partial charge in [-0.15, -0.1) is 0 Å². The Labute approximate surface area is 173 Å². The fourth-order valence-corrected chi connectivity index (χ4v) is 3.66. The molecule has 29 heavy (non-hydrogen) atoms. The van der Waals surface area contributed by atoms with Gasteiger partial charge in [-0.1, -0.05) is 27.7 Å². The molecule has 0 aromatic carbocycles. The van der Waals surface area contributed by atoms with E-state index in [4.69, 9.17) is 9.47 Å².